The van der Waals surface area contributed by atoms with Crippen molar-refractivity contribution in [1.82, 2.24) is 14.5 Å². The average Bonchev–Trinajstić information content (AvgIpc) is 3.30. The molecule has 0 aliphatic rings. The molecule has 2 heterocycles. The maximum atomic E-state index is 15.4. The number of imidazole rings is 1. The van der Waals surface area contributed by atoms with Crippen molar-refractivity contribution in [3.63, 3.8) is 0 Å². The Balaban J connectivity index is 1.43. The van der Waals surface area contributed by atoms with E-state index in [-0.39, 0.29) is 47.4 Å². The highest BCUT2D eigenvalue weighted by atomic mass is 19.1. The van der Waals surface area contributed by atoms with Crippen molar-refractivity contribution in [3.8, 4) is 17.1 Å². The van der Waals surface area contributed by atoms with Gasteiger partial charge in [-0.1, -0.05) is 18.2 Å². The van der Waals surface area contributed by atoms with Gasteiger partial charge in [-0.05, 0) is 67.4 Å². The van der Waals surface area contributed by atoms with Crippen LogP contribution in [0.1, 0.15) is 39.8 Å². The molecule has 0 saturated heterocycles. The molecule has 0 unspecified atom stereocenters. The molecule has 0 spiro atoms. The summed E-state index contributed by atoms with van der Waals surface area (Å²) in [6.07, 6.45) is -0.295. The summed E-state index contributed by atoms with van der Waals surface area (Å²) in [6.45, 7) is 3.88. The SMILES string of the molecule is CO[C@@H](C)Cn1c(Cc2cc(F)c(-c3cccc(OCc4ccc(C)cc4F)n3)cc2F)nc2ccc(C(=O)O)cc21. The zero-order valence-corrected chi connectivity index (χ0v) is 23.2. The minimum atomic E-state index is -1.08. The number of methoxy groups -OCH3 is 1. The largest absolute Gasteiger partial charge is 0.478 e. The minimum Gasteiger partial charge on any atom is -0.478 e. The number of hydrogen-bond donors (Lipinski definition) is 1. The lowest BCUT2D eigenvalue weighted by molar-refractivity contribution is 0.0697. The Morgan fingerprint density at radius 3 is 2.48 bits per heavy atom. The molecule has 0 aliphatic carbocycles. The molecule has 7 nitrogen and oxygen atoms in total. The van der Waals surface area contributed by atoms with Gasteiger partial charge in [0.1, 0.15) is 29.9 Å². The molecule has 0 saturated carbocycles. The van der Waals surface area contributed by atoms with Gasteiger partial charge in [0.2, 0.25) is 5.88 Å². The van der Waals surface area contributed by atoms with Gasteiger partial charge in [-0.25, -0.2) is 27.9 Å². The van der Waals surface area contributed by atoms with Crippen LogP contribution in [0.25, 0.3) is 22.3 Å². The second-order valence-electron chi connectivity index (χ2n) is 10.0. The van der Waals surface area contributed by atoms with Crippen molar-refractivity contribution in [2.24, 2.45) is 0 Å². The number of aromatic nitrogens is 3. The van der Waals surface area contributed by atoms with Gasteiger partial charge in [0, 0.05) is 30.7 Å². The Morgan fingerprint density at radius 2 is 1.74 bits per heavy atom. The number of carboxylic acids is 1. The summed E-state index contributed by atoms with van der Waals surface area (Å²) >= 11 is 0. The monoisotopic (exact) mass is 575 g/mol. The predicted octanol–water partition coefficient (Wildman–Crippen LogP) is 6.73. The van der Waals surface area contributed by atoms with Gasteiger partial charge in [0.15, 0.2) is 0 Å². The van der Waals surface area contributed by atoms with Crippen LogP contribution in [0.3, 0.4) is 0 Å². The quantitative estimate of drug-likeness (QED) is 0.199. The highest BCUT2D eigenvalue weighted by Crippen LogP contribution is 2.28. The van der Waals surface area contributed by atoms with Crippen molar-refractivity contribution in [3.05, 3.63) is 112 Å². The van der Waals surface area contributed by atoms with Gasteiger partial charge >= 0.3 is 5.97 Å². The fourth-order valence-electron chi connectivity index (χ4n) is 4.63. The molecule has 0 radical (unpaired) electrons. The van der Waals surface area contributed by atoms with Crippen LogP contribution in [-0.4, -0.2) is 38.8 Å². The smallest absolute Gasteiger partial charge is 0.335 e. The molecule has 2 aromatic heterocycles. The lowest BCUT2D eigenvalue weighted by Crippen LogP contribution is -2.17. The number of benzene rings is 3. The summed E-state index contributed by atoms with van der Waals surface area (Å²) in [5, 5.41) is 9.44. The maximum Gasteiger partial charge on any atom is 0.335 e. The number of ether oxygens (including phenoxy) is 2. The number of pyridine rings is 1. The second-order valence-corrected chi connectivity index (χ2v) is 10.0. The summed E-state index contributed by atoms with van der Waals surface area (Å²) in [7, 11) is 1.55. The van der Waals surface area contributed by atoms with E-state index in [1.807, 2.05) is 6.92 Å². The van der Waals surface area contributed by atoms with Gasteiger partial charge in [-0.15, -0.1) is 0 Å². The van der Waals surface area contributed by atoms with Gasteiger partial charge in [0.25, 0.3) is 0 Å². The van der Waals surface area contributed by atoms with Gasteiger partial charge < -0.3 is 19.1 Å². The van der Waals surface area contributed by atoms with E-state index in [1.54, 1.807) is 48.9 Å². The molecule has 216 valence electrons. The average molecular weight is 576 g/mol. The Labute approximate surface area is 240 Å². The van der Waals surface area contributed by atoms with Crippen LogP contribution in [0, 0.1) is 24.4 Å². The first-order chi connectivity index (χ1) is 20.1. The number of carboxylic acid groups (broad SMARTS) is 1. The van der Waals surface area contributed by atoms with Crippen LogP contribution in [0.5, 0.6) is 5.88 Å². The molecule has 42 heavy (non-hydrogen) atoms. The van der Waals surface area contributed by atoms with Crippen molar-refractivity contribution in [2.45, 2.75) is 39.5 Å². The zero-order chi connectivity index (χ0) is 30.0. The number of carbonyl (C=O) groups is 1. The summed E-state index contributed by atoms with van der Waals surface area (Å²) < 4.78 is 57.8. The predicted molar refractivity (Wildman–Crippen MR) is 151 cm³/mol. The molecule has 1 N–H and O–H groups in total. The first-order valence-corrected chi connectivity index (χ1v) is 13.2. The van der Waals surface area contributed by atoms with Crippen molar-refractivity contribution in [2.75, 3.05) is 7.11 Å². The fraction of sp³-hybridized carbons (Fsp3) is 0.219. The molecule has 1 atom stereocenters. The van der Waals surface area contributed by atoms with Gasteiger partial charge in [-0.2, -0.15) is 0 Å². The van der Waals surface area contributed by atoms with Crippen molar-refractivity contribution >= 4 is 17.0 Å². The number of aromatic carboxylic acids is 1. The van der Waals surface area contributed by atoms with E-state index in [4.69, 9.17) is 9.47 Å². The Morgan fingerprint density at radius 1 is 0.952 bits per heavy atom. The van der Waals surface area contributed by atoms with Crippen LogP contribution < -0.4 is 4.74 Å². The van der Waals surface area contributed by atoms with Crippen molar-refractivity contribution in [1.29, 1.82) is 0 Å². The molecule has 5 aromatic rings. The third kappa shape index (κ3) is 6.13. The van der Waals surface area contributed by atoms with Crippen LogP contribution in [0.4, 0.5) is 13.2 Å². The van der Waals surface area contributed by atoms with Crippen molar-refractivity contribution < 1.29 is 32.5 Å². The van der Waals surface area contributed by atoms with E-state index < -0.39 is 23.4 Å². The Hall–Kier alpha value is -4.70. The third-order valence-electron chi connectivity index (χ3n) is 6.98. The first kappa shape index (κ1) is 28.8. The Bertz CT molecular complexity index is 1790. The van der Waals surface area contributed by atoms with Crippen LogP contribution in [-0.2, 0) is 24.3 Å². The molecule has 5 rings (SSSR count). The highest BCUT2D eigenvalue weighted by molar-refractivity contribution is 5.92. The van der Waals surface area contributed by atoms with Crippen LogP contribution in [0.15, 0.2) is 66.7 Å². The van der Waals surface area contributed by atoms with Crippen LogP contribution >= 0.6 is 0 Å². The molecule has 0 bridgehead atoms. The van der Waals surface area contributed by atoms with E-state index in [0.717, 1.165) is 17.7 Å². The number of nitrogens with zero attached hydrogens (tertiary/aromatic N) is 3. The summed E-state index contributed by atoms with van der Waals surface area (Å²) in [6, 6.07) is 16.2. The number of rotatable bonds is 10. The number of aryl methyl sites for hydroxylation is 1. The van der Waals surface area contributed by atoms with E-state index in [2.05, 4.69) is 9.97 Å². The minimum absolute atomic E-state index is 0.0464. The highest BCUT2D eigenvalue weighted by Gasteiger charge is 2.19. The maximum absolute atomic E-state index is 15.4. The molecule has 3 aromatic carbocycles. The lowest BCUT2D eigenvalue weighted by Gasteiger charge is -2.15. The van der Waals surface area contributed by atoms with Gasteiger partial charge in [-0.3, -0.25) is 0 Å². The number of fused-ring (bicyclic) bond motifs is 1. The summed E-state index contributed by atoms with van der Waals surface area (Å²) in [4.78, 5) is 20.4. The molecular formula is C32H28F3N3O4. The molecule has 0 aliphatic heterocycles. The molecule has 0 fully saturated rings. The fourth-order valence-corrected chi connectivity index (χ4v) is 4.63. The zero-order valence-electron chi connectivity index (χ0n) is 23.2. The number of hydrogen-bond acceptors (Lipinski definition) is 5. The summed E-state index contributed by atoms with van der Waals surface area (Å²) in [5.74, 6) is -2.27. The Kier molecular flexibility index (Phi) is 8.26. The van der Waals surface area contributed by atoms with E-state index in [1.165, 1.54) is 24.3 Å². The third-order valence-corrected chi connectivity index (χ3v) is 6.98. The molecule has 10 heteroatoms. The van der Waals surface area contributed by atoms with E-state index >= 15 is 8.78 Å². The topological polar surface area (TPSA) is 86.5 Å². The van der Waals surface area contributed by atoms with E-state index in [9.17, 15) is 14.3 Å². The second kappa shape index (κ2) is 12.0. The molecule has 0 amide bonds. The van der Waals surface area contributed by atoms with Crippen LogP contribution in [0.2, 0.25) is 0 Å². The van der Waals surface area contributed by atoms with Gasteiger partial charge in [0.05, 0.1) is 34.9 Å². The number of halogens is 3. The lowest BCUT2D eigenvalue weighted by atomic mass is 10.0. The van der Waals surface area contributed by atoms with E-state index in [0.29, 0.717) is 29.0 Å². The first-order valence-electron chi connectivity index (χ1n) is 13.2. The molecular weight excluding hydrogens is 547 g/mol. The standard InChI is InChI=1S/C32H28F3N3O4/c1-18-7-8-21(24(33)11-18)17-42-31-6-4-5-27(37-31)23-15-25(34)22(12-26(23)35)14-30-36-28-10-9-20(32(39)40)13-29(28)38(30)16-19(2)41-3/h4-13,15,19H,14,16-17H2,1-3H3,(H,39,40)/t19-/m0/s1. The normalized spacial score (nSPS) is 12.0. The summed E-state index contributed by atoms with van der Waals surface area (Å²) in [5.41, 5.74) is 2.47.